The highest BCUT2D eigenvalue weighted by atomic mass is 32.2. The maximum Gasteiger partial charge on any atom is 0.291 e. The van der Waals surface area contributed by atoms with E-state index >= 15 is 0 Å². The van der Waals surface area contributed by atoms with Gasteiger partial charge in [0.15, 0.2) is 5.76 Å². The number of carbonyl (C=O) groups excluding carboxylic acids is 1. The van der Waals surface area contributed by atoms with Gasteiger partial charge in [-0.05, 0) is 42.3 Å². The van der Waals surface area contributed by atoms with E-state index in [-0.39, 0.29) is 23.9 Å². The van der Waals surface area contributed by atoms with Crippen LogP contribution in [0, 0.1) is 0 Å². The van der Waals surface area contributed by atoms with Crippen molar-refractivity contribution in [1.29, 1.82) is 0 Å². The summed E-state index contributed by atoms with van der Waals surface area (Å²) in [5.74, 6) is -0.524. The fraction of sp³-hybridized carbons (Fsp3) is 0.389. The highest BCUT2D eigenvalue weighted by molar-refractivity contribution is 7.89. The Bertz CT molecular complexity index is 963. The van der Waals surface area contributed by atoms with Gasteiger partial charge in [0.1, 0.15) is 0 Å². The number of rotatable bonds is 4. The second kappa shape index (κ2) is 6.99. The Balaban J connectivity index is 1.49. The van der Waals surface area contributed by atoms with Crippen LogP contribution in [-0.4, -0.2) is 58.5 Å². The molecule has 1 amide bonds. The number of nitrogens with zero attached hydrogens (tertiary/aromatic N) is 2. The van der Waals surface area contributed by atoms with Crippen molar-refractivity contribution in [2.45, 2.75) is 11.5 Å². The van der Waals surface area contributed by atoms with Gasteiger partial charge in [-0.1, -0.05) is 0 Å². The van der Waals surface area contributed by atoms with Crippen LogP contribution >= 0.6 is 0 Å². The van der Waals surface area contributed by atoms with Gasteiger partial charge in [-0.3, -0.25) is 4.79 Å². The zero-order chi connectivity index (χ0) is 19.0. The Hall–Kier alpha value is -2.36. The van der Waals surface area contributed by atoms with Crippen LogP contribution in [0.3, 0.4) is 0 Å². The lowest BCUT2D eigenvalue weighted by molar-refractivity contribution is 0.0723. The van der Waals surface area contributed by atoms with E-state index in [4.69, 9.17) is 9.15 Å². The van der Waals surface area contributed by atoms with Crippen LogP contribution in [0.1, 0.15) is 16.1 Å². The molecule has 0 aliphatic carbocycles. The Kier molecular flexibility index (Phi) is 4.67. The average Bonchev–Trinajstić information content (AvgIpc) is 3.30. The highest BCUT2D eigenvalue weighted by Crippen LogP contribution is 2.29. The number of furan rings is 1. The number of hydrogen-bond donors (Lipinski definition) is 1. The second-order valence-electron chi connectivity index (χ2n) is 6.60. The molecule has 27 heavy (non-hydrogen) atoms. The summed E-state index contributed by atoms with van der Waals surface area (Å²) >= 11 is 0. The lowest BCUT2D eigenvalue weighted by Crippen LogP contribution is -2.40. The summed E-state index contributed by atoms with van der Waals surface area (Å²) in [5, 5.41) is 2.54. The van der Waals surface area contributed by atoms with Crippen LogP contribution in [0.4, 0.5) is 11.4 Å². The molecule has 0 radical (unpaired) electrons. The first-order valence-electron chi connectivity index (χ1n) is 8.78. The molecule has 1 aromatic carbocycles. The van der Waals surface area contributed by atoms with Gasteiger partial charge in [0, 0.05) is 38.1 Å². The largest absolute Gasteiger partial charge is 0.438 e. The van der Waals surface area contributed by atoms with Gasteiger partial charge in [-0.25, -0.2) is 8.42 Å². The minimum absolute atomic E-state index is 0.0422. The lowest BCUT2D eigenvalue weighted by atomic mass is 10.1. The number of morpholine rings is 1. The Morgan fingerprint density at radius 3 is 2.67 bits per heavy atom. The Labute approximate surface area is 157 Å². The number of hydrogen-bond acceptors (Lipinski definition) is 6. The first-order chi connectivity index (χ1) is 12.9. The molecule has 0 saturated carbocycles. The summed E-state index contributed by atoms with van der Waals surface area (Å²) in [7, 11) is -1.73. The van der Waals surface area contributed by atoms with E-state index in [0.717, 1.165) is 18.7 Å². The average molecular weight is 391 g/mol. The van der Waals surface area contributed by atoms with E-state index in [9.17, 15) is 13.2 Å². The first-order valence-corrected chi connectivity index (χ1v) is 10.2. The van der Waals surface area contributed by atoms with Crippen LogP contribution in [0.15, 0.2) is 39.8 Å². The molecule has 1 aromatic heterocycles. The molecular formula is C18H21N3O5S. The van der Waals surface area contributed by atoms with Crippen LogP contribution in [-0.2, 0) is 21.2 Å². The molecule has 1 N–H and O–H groups in total. The van der Waals surface area contributed by atoms with Crippen LogP contribution in [0.5, 0.6) is 0 Å². The minimum atomic E-state index is -3.76. The van der Waals surface area contributed by atoms with Gasteiger partial charge in [0.2, 0.25) is 5.09 Å². The van der Waals surface area contributed by atoms with Crippen molar-refractivity contribution in [2.75, 3.05) is 50.1 Å². The molecule has 9 heteroatoms. The Morgan fingerprint density at radius 2 is 1.89 bits per heavy atom. The van der Waals surface area contributed by atoms with Crippen LogP contribution < -0.4 is 10.2 Å². The zero-order valence-electron chi connectivity index (χ0n) is 15.0. The van der Waals surface area contributed by atoms with E-state index in [1.165, 1.54) is 22.0 Å². The number of nitrogens with one attached hydrogen (secondary N) is 1. The topological polar surface area (TPSA) is 92.1 Å². The predicted octanol–water partition coefficient (Wildman–Crippen LogP) is 1.55. The van der Waals surface area contributed by atoms with Crippen LogP contribution in [0.2, 0.25) is 0 Å². The number of ether oxygens (including phenoxy) is 1. The first kappa shape index (κ1) is 18.0. The fourth-order valence-corrected chi connectivity index (χ4v) is 4.65. The summed E-state index contributed by atoms with van der Waals surface area (Å²) in [6.45, 7) is 2.19. The van der Waals surface area contributed by atoms with Gasteiger partial charge in [0.05, 0.1) is 13.2 Å². The SMILES string of the molecule is CN1CCc2cc(NC(=O)c3ccc(S(=O)(=O)N4CCOCC4)o3)ccc21. The molecule has 2 aliphatic heterocycles. The molecule has 2 aromatic rings. The van der Waals surface area contributed by atoms with Crippen molar-refractivity contribution in [3.8, 4) is 0 Å². The molecule has 144 valence electrons. The number of sulfonamides is 1. The maximum atomic E-state index is 12.6. The predicted molar refractivity (Wildman–Crippen MR) is 99.7 cm³/mol. The molecular weight excluding hydrogens is 370 g/mol. The van der Waals surface area contributed by atoms with Crippen molar-refractivity contribution in [3.63, 3.8) is 0 Å². The fourth-order valence-electron chi connectivity index (χ4n) is 3.33. The van der Waals surface area contributed by atoms with E-state index in [1.807, 2.05) is 25.2 Å². The molecule has 8 nitrogen and oxygen atoms in total. The minimum Gasteiger partial charge on any atom is -0.438 e. The normalized spacial score (nSPS) is 17.7. The summed E-state index contributed by atoms with van der Waals surface area (Å²) in [6.07, 6.45) is 0.929. The third-order valence-corrected chi connectivity index (χ3v) is 6.61. The van der Waals surface area contributed by atoms with E-state index in [0.29, 0.717) is 18.9 Å². The van der Waals surface area contributed by atoms with Crippen molar-refractivity contribution in [3.05, 3.63) is 41.7 Å². The number of benzene rings is 1. The molecule has 1 fully saturated rings. The summed E-state index contributed by atoms with van der Waals surface area (Å²) in [6, 6.07) is 8.42. The lowest BCUT2D eigenvalue weighted by Gasteiger charge is -2.24. The van der Waals surface area contributed by atoms with Crippen molar-refractivity contribution < 1.29 is 22.4 Å². The quantitative estimate of drug-likeness (QED) is 0.850. The standard InChI is InChI=1S/C18H21N3O5S/c1-20-7-6-13-12-14(2-3-15(13)20)19-18(22)16-4-5-17(26-16)27(23,24)21-8-10-25-11-9-21/h2-5,12H,6-11H2,1H3,(H,19,22). The zero-order valence-corrected chi connectivity index (χ0v) is 15.8. The molecule has 0 spiro atoms. The van der Waals surface area contributed by atoms with Gasteiger partial charge < -0.3 is 19.4 Å². The van der Waals surface area contributed by atoms with Gasteiger partial charge in [-0.2, -0.15) is 4.31 Å². The number of fused-ring (bicyclic) bond motifs is 1. The number of carbonyl (C=O) groups is 1. The summed E-state index contributed by atoms with van der Waals surface area (Å²) in [4.78, 5) is 14.6. The molecule has 0 unspecified atom stereocenters. The molecule has 0 bridgehead atoms. The third kappa shape index (κ3) is 3.45. The Morgan fingerprint density at radius 1 is 1.11 bits per heavy atom. The van der Waals surface area contributed by atoms with Crippen molar-refractivity contribution in [2.24, 2.45) is 0 Å². The molecule has 1 saturated heterocycles. The smallest absolute Gasteiger partial charge is 0.291 e. The summed E-state index contributed by atoms with van der Waals surface area (Å²) < 4.78 is 37.0. The van der Waals surface area contributed by atoms with E-state index < -0.39 is 15.9 Å². The van der Waals surface area contributed by atoms with Gasteiger partial charge >= 0.3 is 0 Å². The second-order valence-corrected chi connectivity index (χ2v) is 8.47. The van der Waals surface area contributed by atoms with Gasteiger partial charge in [-0.15, -0.1) is 0 Å². The van der Waals surface area contributed by atoms with Gasteiger partial charge in [0.25, 0.3) is 15.9 Å². The van der Waals surface area contributed by atoms with Crippen LogP contribution in [0.25, 0.3) is 0 Å². The van der Waals surface area contributed by atoms with E-state index in [1.54, 1.807) is 0 Å². The maximum absolute atomic E-state index is 12.6. The highest BCUT2D eigenvalue weighted by Gasteiger charge is 2.30. The number of amides is 1. The van der Waals surface area contributed by atoms with Crippen molar-refractivity contribution >= 4 is 27.3 Å². The van der Waals surface area contributed by atoms with Crippen molar-refractivity contribution in [1.82, 2.24) is 4.31 Å². The number of likely N-dealkylation sites (N-methyl/N-ethyl adjacent to an activating group) is 1. The molecule has 2 aliphatic rings. The molecule has 3 heterocycles. The number of anilines is 2. The third-order valence-electron chi connectivity index (χ3n) is 4.83. The van der Waals surface area contributed by atoms with E-state index in [2.05, 4.69) is 10.2 Å². The monoisotopic (exact) mass is 391 g/mol. The molecule has 0 atom stereocenters. The molecule has 4 rings (SSSR count). The summed E-state index contributed by atoms with van der Waals surface area (Å²) in [5.41, 5.74) is 2.98.